The molecule has 1 aliphatic rings. The molecule has 5 heteroatoms. The maximum atomic E-state index is 11.5. The highest BCUT2D eigenvalue weighted by Gasteiger charge is 2.18. The first-order valence-corrected chi connectivity index (χ1v) is 5.41. The molecular weight excluding hydrogens is 206 g/mol. The second-order valence-electron chi connectivity index (χ2n) is 3.63. The van der Waals surface area contributed by atoms with Gasteiger partial charge in [0.2, 0.25) is 0 Å². The molecule has 1 fully saturated rings. The predicted molar refractivity (Wildman–Crippen MR) is 59.5 cm³/mol. The van der Waals surface area contributed by atoms with Crippen molar-refractivity contribution in [3.05, 3.63) is 24.0 Å². The highest BCUT2D eigenvalue weighted by Crippen LogP contribution is 2.14. The number of aromatic nitrogens is 1. The lowest BCUT2D eigenvalue weighted by Gasteiger charge is -2.27. The topological polar surface area (TPSA) is 63.2 Å². The highest BCUT2D eigenvalue weighted by atomic mass is 16.5. The van der Waals surface area contributed by atoms with E-state index in [-0.39, 0.29) is 12.0 Å². The Labute approximate surface area is 94.2 Å². The van der Waals surface area contributed by atoms with E-state index in [0.717, 1.165) is 13.1 Å². The van der Waals surface area contributed by atoms with E-state index in [1.807, 2.05) is 6.92 Å². The van der Waals surface area contributed by atoms with E-state index in [4.69, 9.17) is 4.74 Å². The van der Waals surface area contributed by atoms with Gasteiger partial charge in [0, 0.05) is 31.9 Å². The molecule has 0 aromatic carbocycles. The van der Waals surface area contributed by atoms with Crippen LogP contribution in [0.2, 0.25) is 0 Å². The van der Waals surface area contributed by atoms with Gasteiger partial charge >= 0.3 is 0 Å². The Kier molecular flexibility index (Phi) is 3.36. The summed E-state index contributed by atoms with van der Waals surface area (Å²) in [5.41, 5.74) is 0.395. The first-order valence-electron chi connectivity index (χ1n) is 5.41. The molecule has 0 atom stereocenters. The summed E-state index contributed by atoms with van der Waals surface area (Å²) in [5, 5.41) is 5.82. The first kappa shape index (κ1) is 10.9. The molecule has 0 aliphatic carbocycles. The molecule has 0 unspecified atom stereocenters. The number of carbonyl (C=O) groups excluding carboxylic acids is 1. The van der Waals surface area contributed by atoms with Gasteiger partial charge in [0.25, 0.3) is 5.91 Å². The highest BCUT2D eigenvalue weighted by molar-refractivity contribution is 5.92. The summed E-state index contributed by atoms with van der Waals surface area (Å²) < 4.78 is 5.64. The molecule has 1 aliphatic heterocycles. The van der Waals surface area contributed by atoms with Gasteiger partial charge in [-0.1, -0.05) is 0 Å². The standard InChI is InChI=1S/C11H15N3O2/c1-2-13-11(15)10-5-8(3-4-14-10)16-9-6-12-7-9/h3-5,9,12H,2,6-7H2,1H3,(H,13,15). The fourth-order valence-corrected chi connectivity index (χ4v) is 1.40. The Morgan fingerprint density at radius 3 is 3.12 bits per heavy atom. The number of rotatable bonds is 4. The van der Waals surface area contributed by atoms with Gasteiger partial charge in [-0.2, -0.15) is 0 Å². The van der Waals surface area contributed by atoms with Crippen LogP contribution in [0.4, 0.5) is 0 Å². The van der Waals surface area contributed by atoms with Crippen LogP contribution >= 0.6 is 0 Å². The monoisotopic (exact) mass is 221 g/mol. The van der Waals surface area contributed by atoms with Crippen molar-refractivity contribution in [1.82, 2.24) is 15.6 Å². The second-order valence-corrected chi connectivity index (χ2v) is 3.63. The molecule has 2 rings (SSSR count). The van der Waals surface area contributed by atoms with E-state index in [1.54, 1.807) is 18.3 Å². The third kappa shape index (κ3) is 2.49. The lowest BCUT2D eigenvalue weighted by Crippen LogP contribution is -2.50. The number of nitrogens with zero attached hydrogens (tertiary/aromatic N) is 1. The quantitative estimate of drug-likeness (QED) is 0.761. The van der Waals surface area contributed by atoms with Gasteiger partial charge < -0.3 is 15.4 Å². The van der Waals surface area contributed by atoms with Gasteiger partial charge in [-0.15, -0.1) is 0 Å². The number of amides is 1. The summed E-state index contributed by atoms with van der Waals surface area (Å²) >= 11 is 0. The number of hydrogen-bond donors (Lipinski definition) is 2. The fraction of sp³-hybridized carbons (Fsp3) is 0.455. The average Bonchev–Trinajstić information content (AvgIpc) is 2.24. The maximum absolute atomic E-state index is 11.5. The van der Waals surface area contributed by atoms with Crippen LogP contribution in [0.3, 0.4) is 0 Å². The van der Waals surface area contributed by atoms with Crippen LogP contribution in [0.25, 0.3) is 0 Å². The minimum absolute atomic E-state index is 0.167. The molecule has 2 heterocycles. The minimum Gasteiger partial charge on any atom is -0.488 e. The Morgan fingerprint density at radius 2 is 2.50 bits per heavy atom. The Bertz CT molecular complexity index is 377. The Morgan fingerprint density at radius 1 is 1.69 bits per heavy atom. The molecule has 0 bridgehead atoms. The fourth-order valence-electron chi connectivity index (χ4n) is 1.40. The third-order valence-corrected chi connectivity index (χ3v) is 2.35. The van der Waals surface area contributed by atoms with Gasteiger partial charge in [-0.05, 0) is 13.0 Å². The molecule has 1 amide bonds. The summed E-state index contributed by atoms with van der Waals surface area (Å²) in [4.78, 5) is 15.5. The lowest BCUT2D eigenvalue weighted by atomic mass is 10.2. The molecule has 0 radical (unpaired) electrons. The number of pyridine rings is 1. The number of ether oxygens (including phenoxy) is 1. The van der Waals surface area contributed by atoms with Crippen molar-refractivity contribution in [2.24, 2.45) is 0 Å². The van der Waals surface area contributed by atoms with Crippen LogP contribution in [0.15, 0.2) is 18.3 Å². The molecule has 1 aromatic rings. The van der Waals surface area contributed by atoms with E-state index in [2.05, 4.69) is 15.6 Å². The van der Waals surface area contributed by atoms with Crippen molar-refractivity contribution in [3.63, 3.8) is 0 Å². The maximum Gasteiger partial charge on any atom is 0.270 e. The molecular formula is C11H15N3O2. The van der Waals surface area contributed by atoms with Gasteiger partial charge in [-0.3, -0.25) is 9.78 Å². The molecule has 1 aromatic heterocycles. The lowest BCUT2D eigenvalue weighted by molar-refractivity contribution is 0.0949. The zero-order chi connectivity index (χ0) is 11.4. The Hall–Kier alpha value is -1.62. The second kappa shape index (κ2) is 4.94. The van der Waals surface area contributed by atoms with Crippen LogP contribution in [0.5, 0.6) is 5.75 Å². The van der Waals surface area contributed by atoms with Gasteiger partial charge in [0.05, 0.1) is 0 Å². The molecule has 86 valence electrons. The van der Waals surface area contributed by atoms with Gasteiger partial charge in [-0.25, -0.2) is 0 Å². The van der Waals surface area contributed by atoms with E-state index in [9.17, 15) is 4.79 Å². The molecule has 0 saturated carbocycles. The zero-order valence-corrected chi connectivity index (χ0v) is 9.19. The van der Waals surface area contributed by atoms with Gasteiger partial charge in [0.1, 0.15) is 17.5 Å². The number of hydrogen-bond acceptors (Lipinski definition) is 4. The van der Waals surface area contributed by atoms with Crippen molar-refractivity contribution in [3.8, 4) is 5.75 Å². The first-order chi connectivity index (χ1) is 7.79. The Balaban J connectivity index is 2.03. The molecule has 2 N–H and O–H groups in total. The normalized spacial score (nSPS) is 15.3. The van der Waals surface area contributed by atoms with E-state index >= 15 is 0 Å². The smallest absolute Gasteiger partial charge is 0.270 e. The van der Waals surface area contributed by atoms with E-state index in [1.165, 1.54) is 0 Å². The van der Waals surface area contributed by atoms with Crippen molar-refractivity contribution in [2.75, 3.05) is 19.6 Å². The summed E-state index contributed by atoms with van der Waals surface area (Å²) in [5.74, 6) is 0.530. The summed E-state index contributed by atoms with van der Waals surface area (Å²) in [6.07, 6.45) is 1.80. The summed E-state index contributed by atoms with van der Waals surface area (Å²) in [6.45, 7) is 4.19. The van der Waals surface area contributed by atoms with Crippen LogP contribution in [-0.2, 0) is 0 Å². The number of nitrogens with one attached hydrogen (secondary N) is 2. The van der Waals surface area contributed by atoms with Crippen molar-refractivity contribution in [1.29, 1.82) is 0 Å². The van der Waals surface area contributed by atoms with Crippen molar-refractivity contribution in [2.45, 2.75) is 13.0 Å². The summed E-state index contributed by atoms with van der Waals surface area (Å²) in [7, 11) is 0. The van der Waals surface area contributed by atoms with Crippen LogP contribution in [0.1, 0.15) is 17.4 Å². The van der Waals surface area contributed by atoms with Crippen LogP contribution < -0.4 is 15.4 Å². The molecule has 0 spiro atoms. The molecule has 16 heavy (non-hydrogen) atoms. The zero-order valence-electron chi connectivity index (χ0n) is 9.19. The average molecular weight is 221 g/mol. The number of carbonyl (C=O) groups is 1. The molecule has 5 nitrogen and oxygen atoms in total. The van der Waals surface area contributed by atoms with E-state index < -0.39 is 0 Å². The van der Waals surface area contributed by atoms with Gasteiger partial charge in [0.15, 0.2) is 0 Å². The van der Waals surface area contributed by atoms with Crippen LogP contribution in [-0.4, -0.2) is 36.6 Å². The van der Waals surface area contributed by atoms with E-state index in [0.29, 0.717) is 18.0 Å². The van der Waals surface area contributed by atoms with Crippen LogP contribution in [0, 0.1) is 0 Å². The minimum atomic E-state index is -0.167. The third-order valence-electron chi connectivity index (χ3n) is 2.35. The van der Waals surface area contributed by atoms with Crippen molar-refractivity contribution >= 4 is 5.91 Å². The summed E-state index contributed by atoms with van der Waals surface area (Å²) in [6, 6.07) is 3.43. The predicted octanol–water partition coefficient (Wildman–Crippen LogP) is 0.182. The largest absolute Gasteiger partial charge is 0.488 e. The molecule has 1 saturated heterocycles. The SMILES string of the molecule is CCNC(=O)c1cc(OC2CNC2)ccn1. The van der Waals surface area contributed by atoms with Crippen molar-refractivity contribution < 1.29 is 9.53 Å².